The van der Waals surface area contributed by atoms with Crippen molar-refractivity contribution in [2.45, 2.75) is 17.8 Å². The molecule has 3 aromatic rings. The van der Waals surface area contributed by atoms with Crippen LogP contribution in [0, 0.1) is 0 Å². The number of H-pyrrole nitrogens is 1. The SMILES string of the molecule is Cn1c(=O)[nH]c(=O)c2c1nc(SCCO)n2C[C@H](O)COc1ccc(Cl)cc1. The van der Waals surface area contributed by atoms with E-state index in [4.69, 9.17) is 21.4 Å². The van der Waals surface area contributed by atoms with Crippen molar-refractivity contribution in [2.24, 2.45) is 7.05 Å². The van der Waals surface area contributed by atoms with E-state index in [1.807, 2.05) is 0 Å². The summed E-state index contributed by atoms with van der Waals surface area (Å²) in [5.41, 5.74) is -0.784. The number of aromatic amines is 1. The van der Waals surface area contributed by atoms with E-state index in [1.165, 1.54) is 27.9 Å². The molecule has 1 aromatic carbocycles. The van der Waals surface area contributed by atoms with Crippen molar-refractivity contribution < 1.29 is 14.9 Å². The first-order chi connectivity index (χ1) is 13.4. The summed E-state index contributed by atoms with van der Waals surface area (Å²) in [6.07, 6.45) is -0.946. The number of aliphatic hydroxyl groups is 2. The highest BCUT2D eigenvalue weighted by Crippen LogP contribution is 2.22. The van der Waals surface area contributed by atoms with E-state index in [-0.39, 0.29) is 30.9 Å². The predicted molar refractivity (Wildman–Crippen MR) is 106 cm³/mol. The lowest BCUT2D eigenvalue weighted by molar-refractivity contribution is 0.0914. The first-order valence-corrected chi connectivity index (χ1v) is 9.76. The maximum Gasteiger partial charge on any atom is 0.329 e. The molecule has 2 aromatic heterocycles. The lowest BCUT2D eigenvalue weighted by Crippen LogP contribution is -2.30. The number of nitrogens with zero attached hydrogens (tertiary/aromatic N) is 3. The van der Waals surface area contributed by atoms with Crippen LogP contribution in [0.3, 0.4) is 0 Å². The third-order valence-corrected chi connectivity index (χ3v) is 5.15. The molecular formula is C17H19ClN4O5S. The lowest BCUT2D eigenvalue weighted by atomic mass is 10.3. The van der Waals surface area contributed by atoms with Crippen molar-refractivity contribution in [3.8, 4) is 5.75 Å². The van der Waals surface area contributed by atoms with Crippen LogP contribution in [-0.4, -0.2) is 54.4 Å². The highest BCUT2D eigenvalue weighted by molar-refractivity contribution is 7.99. The Morgan fingerprint density at radius 3 is 2.71 bits per heavy atom. The van der Waals surface area contributed by atoms with Crippen LogP contribution in [0.2, 0.25) is 5.02 Å². The maximum absolute atomic E-state index is 12.3. The summed E-state index contributed by atoms with van der Waals surface area (Å²) in [7, 11) is 1.50. The molecule has 3 N–H and O–H groups in total. The van der Waals surface area contributed by atoms with Crippen molar-refractivity contribution in [2.75, 3.05) is 19.0 Å². The summed E-state index contributed by atoms with van der Waals surface area (Å²) in [4.78, 5) is 30.7. The molecule has 0 aliphatic carbocycles. The Bertz CT molecular complexity index is 1080. The van der Waals surface area contributed by atoms with Crippen LogP contribution in [0.5, 0.6) is 5.75 Å². The van der Waals surface area contributed by atoms with Gasteiger partial charge in [-0.15, -0.1) is 0 Å². The molecule has 0 radical (unpaired) electrons. The number of hydrogen-bond donors (Lipinski definition) is 3. The third kappa shape index (κ3) is 4.41. The monoisotopic (exact) mass is 426 g/mol. The fourth-order valence-corrected chi connectivity index (χ4v) is 3.49. The van der Waals surface area contributed by atoms with E-state index in [9.17, 15) is 14.7 Å². The van der Waals surface area contributed by atoms with Gasteiger partial charge in [0.15, 0.2) is 16.3 Å². The molecule has 28 heavy (non-hydrogen) atoms. The Labute approximate surface area is 168 Å². The molecule has 0 spiro atoms. The van der Waals surface area contributed by atoms with Crippen LogP contribution >= 0.6 is 23.4 Å². The molecule has 2 heterocycles. The smallest absolute Gasteiger partial charge is 0.329 e. The number of hydrogen-bond acceptors (Lipinski definition) is 7. The van der Waals surface area contributed by atoms with Gasteiger partial charge in [0.1, 0.15) is 18.5 Å². The maximum atomic E-state index is 12.3. The second kappa shape index (κ2) is 8.82. The Morgan fingerprint density at radius 2 is 2.04 bits per heavy atom. The first-order valence-electron chi connectivity index (χ1n) is 8.40. The van der Waals surface area contributed by atoms with Gasteiger partial charge in [0.05, 0.1) is 13.2 Å². The predicted octanol–water partition coefficient (Wildman–Crippen LogP) is 0.601. The second-order valence-electron chi connectivity index (χ2n) is 5.99. The van der Waals surface area contributed by atoms with Gasteiger partial charge in [0.25, 0.3) is 5.56 Å². The van der Waals surface area contributed by atoms with E-state index in [0.29, 0.717) is 21.7 Å². The Morgan fingerprint density at radius 1 is 1.32 bits per heavy atom. The summed E-state index contributed by atoms with van der Waals surface area (Å²) < 4.78 is 8.31. The molecule has 0 fully saturated rings. The number of aromatic nitrogens is 4. The van der Waals surface area contributed by atoms with Gasteiger partial charge in [-0.2, -0.15) is 0 Å². The Hall–Kier alpha value is -2.27. The largest absolute Gasteiger partial charge is 0.491 e. The molecule has 11 heteroatoms. The molecule has 0 saturated carbocycles. The van der Waals surface area contributed by atoms with Crippen molar-refractivity contribution in [3.63, 3.8) is 0 Å². The Balaban J connectivity index is 1.87. The average molecular weight is 427 g/mol. The second-order valence-corrected chi connectivity index (χ2v) is 7.48. The summed E-state index contributed by atoms with van der Waals surface area (Å²) in [6.45, 7) is -0.0698. The fraction of sp³-hybridized carbons (Fsp3) is 0.353. The van der Waals surface area contributed by atoms with Gasteiger partial charge < -0.3 is 19.5 Å². The van der Waals surface area contributed by atoms with Crippen LogP contribution < -0.4 is 16.0 Å². The summed E-state index contributed by atoms with van der Waals surface area (Å²) in [5, 5.41) is 20.5. The number of aryl methyl sites for hydroxylation is 1. The number of ether oxygens (including phenoxy) is 1. The number of fused-ring (bicyclic) bond motifs is 1. The zero-order chi connectivity index (χ0) is 20.3. The van der Waals surface area contributed by atoms with Crippen LogP contribution in [0.15, 0.2) is 39.0 Å². The quantitative estimate of drug-likeness (QED) is 0.451. The van der Waals surface area contributed by atoms with Gasteiger partial charge in [0, 0.05) is 17.8 Å². The van der Waals surface area contributed by atoms with Crippen LogP contribution in [-0.2, 0) is 13.6 Å². The highest BCUT2D eigenvalue weighted by atomic mass is 35.5. The van der Waals surface area contributed by atoms with Crippen LogP contribution in [0.1, 0.15) is 0 Å². The number of thioether (sulfide) groups is 1. The zero-order valence-corrected chi connectivity index (χ0v) is 16.5. The number of imidazole rings is 1. The van der Waals surface area contributed by atoms with Gasteiger partial charge in [-0.25, -0.2) is 9.78 Å². The summed E-state index contributed by atoms with van der Waals surface area (Å²) in [6, 6.07) is 6.72. The molecule has 0 bridgehead atoms. The first kappa shape index (κ1) is 20.5. The van der Waals surface area contributed by atoms with E-state index < -0.39 is 17.4 Å². The average Bonchev–Trinajstić information content (AvgIpc) is 3.03. The van der Waals surface area contributed by atoms with Gasteiger partial charge in [-0.3, -0.25) is 14.3 Å². The van der Waals surface area contributed by atoms with Crippen LogP contribution in [0.25, 0.3) is 11.2 Å². The summed E-state index contributed by atoms with van der Waals surface area (Å²) in [5.74, 6) is 0.904. The minimum Gasteiger partial charge on any atom is -0.491 e. The van der Waals surface area contributed by atoms with Gasteiger partial charge in [0.2, 0.25) is 0 Å². The van der Waals surface area contributed by atoms with Crippen molar-refractivity contribution in [1.29, 1.82) is 0 Å². The van der Waals surface area contributed by atoms with E-state index in [0.717, 1.165) is 0 Å². The minimum absolute atomic E-state index is 0.0188. The number of halogens is 1. The van der Waals surface area contributed by atoms with E-state index >= 15 is 0 Å². The molecule has 0 aliphatic rings. The topological polar surface area (TPSA) is 122 Å². The van der Waals surface area contributed by atoms with Crippen LogP contribution in [0.4, 0.5) is 0 Å². The molecule has 0 amide bonds. The van der Waals surface area contributed by atoms with Crippen molar-refractivity contribution in [3.05, 3.63) is 50.1 Å². The minimum atomic E-state index is -0.946. The standard InChI is InChI=1S/C17H19ClN4O5S/c1-21-14-13(15(25)20-16(21)26)22(17(19-14)28-7-6-23)8-11(24)9-27-12-4-2-10(18)3-5-12/h2-5,11,23-24H,6-9H2,1H3,(H,20,25,26)/t11-/m0/s1. The number of nitrogens with one attached hydrogen (secondary N) is 1. The van der Waals surface area contributed by atoms with E-state index in [1.54, 1.807) is 24.3 Å². The van der Waals surface area contributed by atoms with E-state index in [2.05, 4.69) is 9.97 Å². The normalized spacial score (nSPS) is 12.4. The van der Waals surface area contributed by atoms with Gasteiger partial charge in [-0.05, 0) is 24.3 Å². The number of rotatable bonds is 8. The molecule has 9 nitrogen and oxygen atoms in total. The zero-order valence-electron chi connectivity index (χ0n) is 15.0. The van der Waals surface area contributed by atoms with Crippen molar-refractivity contribution in [1.82, 2.24) is 19.1 Å². The highest BCUT2D eigenvalue weighted by Gasteiger charge is 2.20. The molecular weight excluding hydrogens is 408 g/mol. The molecule has 3 rings (SSSR count). The molecule has 0 saturated heterocycles. The number of benzene rings is 1. The molecule has 150 valence electrons. The molecule has 0 unspecified atom stereocenters. The van der Waals surface area contributed by atoms with Gasteiger partial charge >= 0.3 is 5.69 Å². The lowest BCUT2D eigenvalue weighted by Gasteiger charge is -2.15. The molecule has 1 atom stereocenters. The fourth-order valence-electron chi connectivity index (χ4n) is 2.62. The summed E-state index contributed by atoms with van der Waals surface area (Å²) >= 11 is 7.05. The molecule has 0 aliphatic heterocycles. The van der Waals surface area contributed by atoms with Gasteiger partial charge in [-0.1, -0.05) is 23.4 Å². The van der Waals surface area contributed by atoms with Crippen molar-refractivity contribution >= 4 is 34.5 Å². The Kier molecular flexibility index (Phi) is 6.45. The number of aliphatic hydroxyl groups excluding tert-OH is 2. The third-order valence-electron chi connectivity index (χ3n) is 3.94.